The minimum atomic E-state index is 0.152. The average molecular weight is 251 g/mol. The highest BCUT2D eigenvalue weighted by atomic mass is 15.3. The third kappa shape index (κ3) is 5.21. The van der Waals surface area contributed by atoms with Gasteiger partial charge in [-0.3, -0.25) is 4.68 Å². The number of aromatic nitrogens is 2. The Kier molecular flexibility index (Phi) is 4.97. The van der Waals surface area contributed by atoms with Gasteiger partial charge >= 0.3 is 0 Å². The van der Waals surface area contributed by atoms with Crippen molar-refractivity contribution in [3.8, 4) is 0 Å². The lowest BCUT2D eigenvalue weighted by Gasteiger charge is -2.33. The van der Waals surface area contributed by atoms with E-state index in [4.69, 9.17) is 0 Å². The van der Waals surface area contributed by atoms with Crippen LogP contribution in [0.1, 0.15) is 60.1 Å². The molecule has 104 valence electrons. The molecule has 1 N–H and O–H groups in total. The summed E-state index contributed by atoms with van der Waals surface area (Å²) in [6, 6.07) is 2.11. The molecule has 3 heteroatoms. The largest absolute Gasteiger partial charge is 0.306 e. The molecule has 18 heavy (non-hydrogen) atoms. The number of nitrogens with zero attached hydrogens (tertiary/aromatic N) is 2. The lowest BCUT2D eigenvalue weighted by atomic mass is 9.82. The summed E-state index contributed by atoms with van der Waals surface area (Å²) in [7, 11) is 0. The second-order valence-electron chi connectivity index (χ2n) is 7.02. The maximum absolute atomic E-state index is 4.36. The minimum Gasteiger partial charge on any atom is -0.306 e. The molecular weight excluding hydrogens is 222 g/mol. The first-order valence-electron chi connectivity index (χ1n) is 6.99. The Labute approximate surface area is 112 Å². The van der Waals surface area contributed by atoms with Gasteiger partial charge in [0.2, 0.25) is 0 Å². The van der Waals surface area contributed by atoms with Gasteiger partial charge in [-0.1, -0.05) is 27.7 Å². The summed E-state index contributed by atoms with van der Waals surface area (Å²) < 4.78 is 2.10. The Hall–Kier alpha value is -0.830. The molecule has 0 aliphatic heterocycles. The maximum Gasteiger partial charge on any atom is 0.0522 e. The topological polar surface area (TPSA) is 29.9 Å². The summed E-state index contributed by atoms with van der Waals surface area (Å²) in [5.41, 5.74) is 1.78. The van der Waals surface area contributed by atoms with Crippen LogP contribution in [0.3, 0.4) is 0 Å². The van der Waals surface area contributed by atoms with Crippen molar-refractivity contribution in [2.75, 3.05) is 0 Å². The minimum absolute atomic E-state index is 0.152. The highest BCUT2D eigenvalue weighted by Crippen LogP contribution is 2.26. The van der Waals surface area contributed by atoms with Crippen LogP contribution in [0.5, 0.6) is 0 Å². The molecule has 0 bridgehead atoms. The van der Waals surface area contributed by atoms with Crippen LogP contribution in [0.4, 0.5) is 0 Å². The van der Waals surface area contributed by atoms with Crippen LogP contribution in [0, 0.1) is 5.41 Å². The first-order chi connectivity index (χ1) is 8.23. The number of nitrogens with one attached hydrogen (secondary N) is 1. The van der Waals surface area contributed by atoms with Crippen LogP contribution in [0.15, 0.2) is 12.3 Å². The van der Waals surface area contributed by atoms with Gasteiger partial charge in [-0.25, -0.2) is 0 Å². The zero-order valence-corrected chi connectivity index (χ0v) is 12.9. The van der Waals surface area contributed by atoms with Crippen molar-refractivity contribution < 1.29 is 0 Å². The Morgan fingerprint density at radius 1 is 1.22 bits per heavy atom. The molecule has 0 unspecified atom stereocenters. The molecule has 0 fully saturated rings. The summed E-state index contributed by atoms with van der Waals surface area (Å²) in [6.07, 6.45) is 4.17. The van der Waals surface area contributed by atoms with Crippen molar-refractivity contribution in [1.82, 2.24) is 15.1 Å². The molecular formula is C15H29N3. The quantitative estimate of drug-likeness (QED) is 0.837. The molecule has 0 saturated carbocycles. The Morgan fingerprint density at radius 2 is 1.89 bits per heavy atom. The molecule has 1 rings (SSSR count). The predicted molar refractivity (Wildman–Crippen MR) is 77.5 cm³/mol. The van der Waals surface area contributed by atoms with E-state index in [2.05, 4.69) is 62.7 Å². The van der Waals surface area contributed by atoms with Crippen LogP contribution in [0.25, 0.3) is 0 Å². The number of aryl methyl sites for hydroxylation is 1. The summed E-state index contributed by atoms with van der Waals surface area (Å²) in [6.45, 7) is 15.5. The fraction of sp³-hybridized carbons (Fsp3) is 0.800. The summed E-state index contributed by atoms with van der Waals surface area (Å²) in [4.78, 5) is 0. The summed E-state index contributed by atoms with van der Waals surface area (Å²) in [5, 5.41) is 8.01. The van der Waals surface area contributed by atoms with Gasteiger partial charge in [0.05, 0.1) is 5.69 Å². The van der Waals surface area contributed by atoms with Gasteiger partial charge in [-0.2, -0.15) is 5.10 Å². The van der Waals surface area contributed by atoms with E-state index in [-0.39, 0.29) is 5.54 Å². The van der Waals surface area contributed by atoms with Crippen LogP contribution < -0.4 is 5.32 Å². The molecule has 3 nitrogen and oxygen atoms in total. The lowest BCUT2D eigenvalue weighted by Crippen LogP contribution is -2.42. The van der Waals surface area contributed by atoms with Crippen molar-refractivity contribution in [2.24, 2.45) is 5.41 Å². The standard InChI is InChI=1S/C15H29N3/c1-7-10-18-13(8-9-17-18)11-16-15(5,6)12-14(2,3)4/h8-9,16H,7,10-12H2,1-6H3. The van der Waals surface area contributed by atoms with Gasteiger partial charge in [0.1, 0.15) is 0 Å². The maximum atomic E-state index is 4.36. The fourth-order valence-corrected chi connectivity index (χ4v) is 2.64. The second-order valence-corrected chi connectivity index (χ2v) is 7.02. The number of hydrogen-bond acceptors (Lipinski definition) is 2. The summed E-state index contributed by atoms with van der Waals surface area (Å²) >= 11 is 0. The molecule has 0 radical (unpaired) electrons. The fourth-order valence-electron chi connectivity index (χ4n) is 2.64. The third-order valence-electron chi connectivity index (χ3n) is 2.96. The van der Waals surface area contributed by atoms with Crippen LogP contribution >= 0.6 is 0 Å². The van der Waals surface area contributed by atoms with Gasteiger partial charge in [-0.05, 0) is 38.2 Å². The molecule has 1 aromatic heterocycles. The van der Waals surface area contributed by atoms with Gasteiger partial charge < -0.3 is 5.32 Å². The van der Waals surface area contributed by atoms with Crippen molar-refractivity contribution in [2.45, 2.75) is 73.0 Å². The summed E-state index contributed by atoms with van der Waals surface area (Å²) in [5.74, 6) is 0. The molecule has 0 spiro atoms. The zero-order chi connectivity index (χ0) is 13.8. The highest BCUT2D eigenvalue weighted by molar-refractivity contribution is 5.01. The van der Waals surface area contributed by atoms with E-state index < -0.39 is 0 Å². The monoisotopic (exact) mass is 251 g/mol. The second kappa shape index (κ2) is 5.87. The van der Waals surface area contributed by atoms with E-state index in [0.717, 1.165) is 25.9 Å². The van der Waals surface area contributed by atoms with E-state index in [9.17, 15) is 0 Å². The van der Waals surface area contributed by atoms with E-state index in [1.807, 2.05) is 6.20 Å². The van der Waals surface area contributed by atoms with Crippen LogP contribution in [0.2, 0.25) is 0 Å². The Bertz CT molecular complexity index is 358. The molecule has 0 aliphatic carbocycles. The molecule has 0 aliphatic rings. The first-order valence-corrected chi connectivity index (χ1v) is 6.99. The highest BCUT2D eigenvalue weighted by Gasteiger charge is 2.24. The Morgan fingerprint density at radius 3 is 2.44 bits per heavy atom. The predicted octanol–water partition coefficient (Wildman–Crippen LogP) is 3.60. The van der Waals surface area contributed by atoms with Gasteiger partial charge in [0.25, 0.3) is 0 Å². The van der Waals surface area contributed by atoms with Gasteiger partial charge in [-0.15, -0.1) is 0 Å². The third-order valence-corrected chi connectivity index (χ3v) is 2.96. The van der Waals surface area contributed by atoms with Crippen LogP contribution in [-0.2, 0) is 13.1 Å². The first kappa shape index (κ1) is 15.2. The number of hydrogen-bond donors (Lipinski definition) is 1. The number of rotatable bonds is 6. The van der Waals surface area contributed by atoms with Gasteiger partial charge in [0.15, 0.2) is 0 Å². The molecule has 1 heterocycles. The van der Waals surface area contributed by atoms with Crippen molar-refractivity contribution in [3.05, 3.63) is 18.0 Å². The molecule has 0 atom stereocenters. The van der Waals surface area contributed by atoms with E-state index in [0.29, 0.717) is 5.41 Å². The van der Waals surface area contributed by atoms with E-state index in [1.165, 1.54) is 5.69 Å². The Balaban J connectivity index is 2.56. The van der Waals surface area contributed by atoms with Crippen LogP contribution in [-0.4, -0.2) is 15.3 Å². The molecule has 1 aromatic rings. The molecule has 0 saturated heterocycles. The van der Waals surface area contributed by atoms with Crippen molar-refractivity contribution in [3.63, 3.8) is 0 Å². The molecule has 0 aromatic carbocycles. The van der Waals surface area contributed by atoms with E-state index in [1.54, 1.807) is 0 Å². The van der Waals surface area contributed by atoms with Crippen molar-refractivity contribution in [1.29, 1.82) is 0 Å². The molecule has 0 amide bonds. The van der Waals surface area contributed by atoms with Gasteiger partial charge in [0, 0.05) is 24.8 Å². The smallest absolute Gasteiger partial charge is 0.0522 e. The average Bonchev–Trinajstić information content (AvgIpc) is 2.59. The van der Waals surface area contributed by atoms with Crippen molar-refractivity contribution >= 4 is 0 Å². The normalized spacial score (nSPS) is 13.0. The zero-order valence-electron chi connectivity index (χ0n) is 12.9. The van der Waals surface area contributed by atoms with E-state index >= 15 is 0 Å². The lowest BCUT2D eigenvalue weighted by molar-refractivity contribution is 0.239. The SMILES string of the molecule is CCCn1nccc1CNC(C)(C)CC(C)(C)C.